The number of hydrogen-bond acceptors (Lipinski definition) is 5. The van der Waals surface area contributed by atoms with Crippen molar-refractivity contribution >= 4 is 15.9 Å². The molecule has 5 nitrogen and oxygen atoms in total. The van der Waals surface area contributed by atoms with Gasteiger partial charge in [-0.25, -0.2) is 0 Å². The van der Waals surface area contributed by atoms with Crippen LogP contribution in [0.5, 0.6) is 5.75 Å². The summed E-state index contributed by atoms with van der Waals surface area (Å²) in [4.78, 5) is 4.77. The molecule has 0 atom stereocenters. The summed E-state index contributed by atoms with van der Waals surface area (Å²) in [6.45, 7) is 1.37. The van der Waals surface area contributed by atoms with Crippen molar-refractivity contribution in [2.75, 3.05) is 20.3 Å². The van der Waals surface area contributed by atoms with E-state index in [9.17, 15) is 0 Å². The van der Waals surface area contributed by atoms with Gasteiger partial charge in [0.15, 0.2) is 5.82 Å². The predicted molar refractivity (Wildman–Crippen MR) is 105 cm³/mol. The van der Waals surface area contributed by atoms with Gasteiger partial charge in [0.1, 0.15) is 5.75 Å². The van der Waals surface area contributed by atoms with E-state index < -0.39 is 0 Å². The first-order valence-corrected chi connectivity index (χ1v) is 9.79. The number of benzene rings is 2. The van der Waals surface area contributed by atoms with Crippen molar-refractivity contribution in [3.8, 4) is 5.75 Å². The minimum absolute atomic E-state index is 0.288. The normalized spacial score (nSPS) is 16.2. The molecule has 0 spiro atoms. The molecule has 0 saturated carbocycles. The Kier molecular flexibility index (Phi) is 5.27. The molecule has 0 unspecified atom stereocenters. The first-order valence-electron chi connectivity index (χ1n) is 8.99. The average Bonchev–Trinajstić information content (AvgIpc) is 3.19. The molecule has 2 aromatic carbocycles. The zero-order valence-corrected chi connectivity index (χ0v) is 16.7. The lowest BCUT2D eigenvalue weighted by atomic mass is 9.74. The van der Waals surface area contributed by atoms with Crippen molar-refractivity contribution in [1.29, 1.82) is 0 Å². The molecule has 1 aliphatic rings. The molecule has 27 heavy (non-hydrogen) atoms. The third kappa shape index (κ3) is 3.77. The Morgan fingerprint density at radius 1 is 1.04 bits per heavy atom. The van der Waals surface area contributed by atoms with Gasteiger partial charge in [0.25, 0.3) is 0 Å². The Labute approximate surface area is 166 Å². The summed E-state index contributed by atoms with van der Waals surface area (Å²) in [6.07, 6.45) is 2.29. The molecule has 1 saturated heterocycles. The smallest absolute Gasteiger partial charge is 0.237 e. The predicted octanol–water partition coefficient (Wildman–Crippen LogP) is 4.53. The number of halogens is 1. The number of ether oxygens (including phenoxy) is 2. The minimum atomic E-state index is -0.288. The van der Waals surface area contributed by atoms with Gasteiger partial charge in [0.05, 0.1) is 12.5 Å². The van der Waals surface area contributed by atoms with Crippen molar-refractivity contribution in [3.05, 3.63) is 75.8 Å². The fourth-order valence-corrected chi connectivity index (χ4v) is 3.83. The van der Waals surface area contributed by atoms with Gasteiger partial charge in [-0.15, -0.1) is 0 Å². The van der Waals surface area contributed by atoms with Gasteiger partial charge < -0.3 is 14.0 Å². The number of hydrogen-bond donors (Lipinski definition) is 0. The van der Waals surface area contributed by atoms with Crippen LogP contribution < -0.4 is 4.74 Å². The Hall–Kier alpha value is -2.18. The van der Waals surface area contributed by atoms with Gasteiger partial charge >= 0.3 is 0 Å². The maximum absolute atomic E-state index is 5.76. The second kappa shape index (κ2) is 7.82. The summed E-state index contributed by atoms with van der Waals surface area (Å²) in [5, 5.41) is 4.25. The Bertz CT molecular complexity index is 885. The third-order valence-electron chi connectivity index (χ3n) is 5.14. The van der Waals surface area contributed by atoms with E-state index in [-0.39, 0.29) is 5.41 Å². The lowest BCUT2D eigenvalue weighted by molar-refractivity contribution is 0.0523. The van der Waals surface area contributed by atoms with Gasteiger partial charge in [-0.1, -0.05) is 45.4 Å². The lowest BCUT2D eigenvalue weighted by Gasteiger charge is -2.34. The van der Waals surface area contributed by atoms with Crippen LogP contribution in [0.4, 0.5) is 0 Å². The summed E-state index contributed by atoms with van der Waals surface area (Å²) in [6, 6.07) is 16.3. The molecule has 6 heteroatoms. The summed E-state index contributed by atoms with van der Waals surface area (Å²) < 4.78 is 17.6. The van der Waals surface area contributed by atoms with E-state index in [1.807, 2.05) is 24.3 Å². The molecule has 2 heterocycles. The van der Waals surface area contributed by atoms with E-state index in [1.165, 1.54) is 5.56 Å². The Morgan fingerprint density at radius 3 is 2.41 bits per heavy atom. The van der Waals surface area contributed by atoms with Crippen LogP contribution >= 0.6 is 15.9 Å². The Balaban J connectivity index is 1.62. The fraction of sp³-hybridized carbons (Fsp3) is 0.333. The van der Waals surface area contributed by atoms with Crippen molar-refractivity contribution in [3.63, 3.8) is 0 Å². The maximum atomic E-state index is 5.76. The molecule has 0 radical (unpaired) electrons. The van der Waals surface area contributed by atoms with Crippen LogP contribution in [0.15, 0.2) is 57.5 Å². The molecule has 3 aromatic rings. The van der Waals surface area contributed by atoms with E-state index in [2.05, 4.69) is 45.4 Å². The molecule has 140 valence electrons. The van der Waals surface area contributed by atoms with E-state index in [0.717, 1.165) is 28.6 Å². The van der Waals surface area contributed by atoms with Crippen molar-refractivity contribution in [2.45, 2.75) is 24.7 Å². The molecule has 0 aliphatic carbocycles. The number of aromatic nitrogens is 2. The van der Waals surface area contributed by atoms with Gasteiger partial charge in [-0.2, -0.15) is 4.98 Å². The Morgan fingerprint density at radius 2 is 1.74 bits per heavy atom. The quantitative estimate of drug-likeness (QED) is 0.597. The van der Waals surface area contributed by atoms with E-state index >= 15 is 0 Å². The number of nitrogens with zero attached hydrogens (tertiary/aromatic N) is 2. The molecular formula is C21H21BrN2O3. The molecule has 4 rings (SSSR count). The van der Waals surface area contributed by atoms with Crippen molar-refractivity contribution in [1.82, 2.24) is 10.1 Å². The zero-order valence-electron chi connectivity index (χ0n) is 15.2. The summed E-state index contributed by atoms with van der Waals surface area (Å²) in [5.74, 6) is 2.21. The topological polar surface area (TPSA) is 57.4 Å². The first-order chi connectivity index (χ1) is 13.2. The van der Waals surface area contributed by atoms with E-state index in [4.69, 9.17) is 19.0 Å². The van der Waals surface area contributed by atoms with Gasteiger partial charge in [0, 0.05) is 24.1 Å². The van der Waals surface area contributed by atoms with Crippen LogP contribution in [-0.2, 0) is 16.6 Å². The molecule has 0 N–H and O–H groups in total. The summed E-state index contributed by atoms with van der Waals surface area (Å²) in [5.41, 5.74) is 2.02. The van der Waals surface area contributed by atoms with Crippen LogP contribution in [0.1, 0.15) is 35.7 Å². The monoisotopic (exact) mass is 428 g/mol. The molecule has 1 aromatic heterocycles. The van der Waals surface area contributed by atoms with Crippen LogP contribution in [-0.4, -0.2) is 30.5 Å². The highest BCUT2D eigenvalue weighted by Gasteiger charge is 2.41. The lowest BCUT2D eigenvalue weighted by Crippen LogP contribution is -2.35. The number of rotatable bonds is 5. The molecule has 1 aliphatic heterocycles. The highest BCUT2D eigenvalue weighted by atomic mass is 79.9. The zero-order chi connectivity index (χ0) is 18.7. The van der Waals surface area contributed by atoms with Crippen LogP contribution in [0.2, 0.25) is 0 Å². The largest absolute Gasteiger partial charge is 0.497 e. The van der Waals surface area contributed by atoms with E-state index in [1.54, 1.807) is 7.11 Å². The first kappa shape index (κ1) is 18.2. The van der Waals surface area contributed by atoms with Gasteiger partial charge in [-0.05, 0) is 48.2 Å². The third-order valence-corrected chi connectivity index (χ3v) is 5.67. The van der Waals surface area contributed by atoms with Gasteiger partial charge in [-0.3, -0.25) is 0 Å². The summed E-state index contributed by atoms with van der Waals surface area (Å²) >= 11 is 3.51. The standard InChI is InChI=1S/C21H21BrN2O3/c1-25-18-8-2-15(3-9-18)14-19-23-20(27-24-19)21(10-12-26-13-11-21)16-4-6-17(22)7-5-16/h2-9H,10-14H2,1H3. The fourth-order valence-electron chi connectivity index (χ4n) is 3.56. The minimum Gasteiger partial charge on any atom is -0.497 e. The maximum Gasteiger partial charge on any atom is 0.237 e. The highest BCUT2D eigenvalue weighted by molar-refractivity contribution is 9.10. The SMILES string of the molecule is COc1ccc(Cc2noc(C3(c4ccc(Br)cc4)CCOCC3)n2)cc1. The molecular weight excluding hydrogens is 408 g/mol. The van der Waals surface area contributed by atoms with Gasteiger partial charge in [0.2, 0.25) is 5.89 Å². The second-order valence-electron chi connectivity index (χ2n) is 6.74. The van der Waals surface area contributed by atoms with Crippen molar-refractivity contribution < 1.29 is 14.0 Å². The van der Waals surface area contributed by atoms with Crippen LogP contribution in [0.25, 0.3) is 0 Å². The molecule has 1 fully saturated rings. The van der Waals surface area contributed by atoms with Crippen LogP contribution in [0.3, 0.4) is 0 Å². The van der Waals surface area contributed by atoms with Crippen LogP contribution in [0, 0.1) is 0 Å². The van der Waals surface area contributed by atoms with Crippen molar-refractivity contribution in [2.24, 2.45) is 0 Å². The van der Waals surface area contributed by atoms with E-state index in [0.29, 0.717) is 31.3 Å². The average molecular weight is 429 g/mol. The second-order valence-corrected chi connectivity index (χ2v) is 7.66. The molecule has 0 bridgehead atoms. The summed E-state index contributed by atoms with van der Waals surface area (Å²) in [7, 11) is 1.66. The molecule has 0 amide bonds. The highest BCUT2D eigenvalue weighted by Crippen LogP contribution is 2.40. The number of methoxy groups -OCH3 is 1.